The van der Waals surface area contributed by atoms with E-state index in [1.165, 1.54) is 24.3 Å². The van der Waals surface area contributed by atoms with Gasteiger partial charge < -0.3 is 44.5 Å². The van der Waals surface area contributed by atoms with Crippen molar-refractivity contribution in [2.45, 2.75) is 24.6 Å². The number of phenols is 3. The molecule has 0 bridgehead atoms. The van der Waals surface area contributed by atoms with Gasteiger partial charge in [0.05, 0.1) is 6.61 Å². The normalized spacial score (nSPS) is 24.1. The number of benzene rings is 2. The molecule has 4 atom stereocenters. The van der Waals surface area contributed by atoms with Crippen LogP contribution in [0.15, 0.2) is 45.6 Å². The summed E-state index contributed by atoms with van der Waals surface area (Å²) in [6, 6.07) is 7.84. The van der Waals surface area contributed by atoms with Gasteiger partial charge in [-0.25, -0.2) is 0 Å². The largest absolute Gasteiger partial charge is 0.508 e. The molecule has 0 spiro atoms. The lowest BCUT2D eigenvalue weighted by molar-refractivity contribution is -0.242. The fourth-order valence-corrected chi connectivity index (χ4v) is 3.15. The van der Waals surface area contributed by atoms with Crippen LogP contribution in [0, 0.1) is 0 Å². The van der Waals surface area contributed by atoms with Crippen LogP contribution in [0.5, 0.6) is 23.0 Å². The Hall–Kier alpha value is -3.31. The van der Waals surface area contributed by atoms with Crippen molar-refractivity contribution in [1.82, 2.24) is 0 Å². The van der Waals surface area contributed by atoms with Crippen molar-refractivity contribution in [2.75, 3.05) is 6.61 Å². The van der Waals surface area contributed by atoms with E-state index in [0.717, 1.165) is 12.1 Å². The molecule has 0 unspecified atom stereocenters. The first-order chi connectivity index (χ1) is 14.3. The van der Waals surface area contributed by atoms with E-state index in [2.05, 4.69) is 0 Å². The number of fused-ring (bicyclic) bond motifs is 1. The van der Waals surface area contributed by atoms with Gasteiger partial charge in [-0.05, 0) is 24.3 Å². The monoisotopic (exact) mass is 418 g/mol. The van der Waals surface area contributed by atoms with E-state index < -0.39 is 41.5 Å². The van der Waals surface area contributed by atoms with Gasteiger partial charge in [-0.2, -0.15) is 0 Å². The molecule has 10 heteroatoms. The molecule has 10 nitrogen and oxygen atoms in total. The fraction of sp³-hybridized carbons (Fsp3) is 0.250. The Kier molecular flexibility index (Phi) is 5.00. The number of aliphatic hydroxyl groups is 3. The highest BCUT2D eigenvalue weighted by molar-refractivity contribution is 5.91. The number of aromatic hydroxyl groups is 3. The first kappa shape index (κ1) is 20.0. The van der Waals surface area contributed by atoms with Crippen LogP contribution < -0.4 is 10.2 Å². The second-order valence-corrected chi connectivity index (χ2v) is 6.84. The van der Waals surface area contributed by atoms with Gasteiger partial charge in [0.15, 0.2) is 16.8 Å². The molecule has 1 aliphatic heterocycles. The Morgan fingerprint density at radius 3 is 2.37 bits per heavy atom. The third kappa shape index (κ3) is 3.42. The standard InChI is InChI=1S/C20H18O10/c21-9-3-1-8(2-4-9)13-5-10(22)15-11(23)6-14(17(26)19(15)29-13)30-20-18(27)16(25)12(24)7-28-20/h1-6,12,16,18,20-21,23-27H,7H2/t12-,16+,18-,20+/m1/s1. The zero-order valence-corrected chi connectivity index (χ0v) is 15.3. The molecule has 0 amide bonds. The van der Waals surface area contributed by atoms with Crippen LogP contribution in [0.25, 0.3) is 22.3 Å². The average molecular weight is 418 g/mol. The summed E-state index contributed by atoms with van der Waals surface area (Å²) >= 11 is 0. The van der Waals surface area contributed by atoms with Gasteiger partial charge >= 0.3 is 0 Å². The summed E-state index contributed by atoms with van der Waals surface area (Å²) in [5, 5.41) is 59.3. The van der Waals surface area contributed by atoms with Gasteiger partial charge in [-0.1, -0.05) is 0 Å². The Labute approximate surface area is 168 Å². The van der Waals surface area contributed by atoms with Crippen molar-refractivity contribution in [1.29, 1.82) is 0 Å². The number of hydrogen-bond donors (Lipinski definition) is 6. The number of hydrogen-bond acceptors (Lipinski definition) is 10. The Morgan fingerprint density at radius 2 is 1.67 bits per heavy atom. The van der Waals surface area contributed by atoms with Crippen molar-refractivity contribution < 1.29 is 44.5 Å². The second-order valence-electron chi connectivity index (χ2n) is 6.84. The minimum Gasteiger partial charge on any atom is -0.508 e. The third-order valence-corrected chi connectivity index (χ3v) is 4.77. The van der Waals surface area contributed by atoms with E-state index in [-0.39, 0.29) is 34.8 Å². The molecule has 0 aliphatic carbocycles. The zero-order valence-electron chi connectivity index (χ0n) is 15.3. The van der Waals surface area contributed by atoms with E-state index in [1.54, 1.807) is 0 Å². The zero-order chi connectivity index (χ0) is 21.6. The maximum Gasteiger partial charge on any atom is 0.229 e. The highest BCUT2D eigenvalue weighted by atomic mass is 16.7. The maximum absolute atomic E-state index is 12.5. The van der Waals surface area contributed by atoms with Crippen LogP contribution in [0.4, 0.5) is 0 Å². The van der Waals surface area contributed by atoms with Crippen LogP contribution in [0.2, 0.25) is 0 Å². The average Bonchev–Trinajstić information content (AvgIpc) is 2.72. The molecule has 2 heterocycles. The molecule has 3 aromatic rings. The Morgan fingerprint density at radius 1 is 0.967 bits per heavy atom. The highest BCUT2D eigenvalue weighted by Crippen LogP contribution is 2.41. The molecule has 1 fully saturated rings. The first-order valence-corrected chi connectivity index (χ1v) is 8.91. The van der Waals surface area contributed by atoms with Gasteiger partial charge in [-0.15, -0.1) is 0 Å². The van der Waals surface area contributed by atoms with Gasteiger partial charge in [-0.3, -0.25) is 4.79 Å². The lowest BCUT2D eigenvalue weighted by atomic mass is 10.1. The van der Waals surface area contributed by atoms with E-state index in [9.17, 15) is 35.4 Å². The van der Waals surface area contributed by atoms with Crippen LogP contribution in [-0.4, -0.2) is 61.8 Å². The molecule has 1 aromatic heterocycles. The van der Waals surface area contributed by atoms with E-state index in [1.807, 2.05) is 0 Å². The predicted molar refractivity (Wildman–Crippen MR) is 101 cm³/mol. The molecular formula is C20H18O10. The molecule has 158 valence electrons. The van der Waals surface area contributed by atoms with Crippen LogP contribution in [0.1, 0.15) is 0 Å². The topological polar surface area (TPSA) is 170 Å². The molecule has 0 saturated carbocycles. The fourth-order valence-electron chi connectivity index (χ4n) is 3.15. The number of rotatable bonds is 3. The molecular weight excluding hydrogens is 400 g/mol. The molecule has 4 rings (SSSR count). The summed E-state index contributed by atoms with van der Waals surface area (Å²) in [5.74, 6) is -1.49. The highest BCUT2D eigenvalue weighted by Gasteiger charge is 2.39. The molecule has 0 radical (unpaired) electrons. The molecule has 30 heavy (non-hydrogen) atoms. The third-order valence-electron chi connectivity index (χ3n) is 4.77. The molecule has 2 aromatic carbocycles. The van der Waals surface area contributed by atoms with Crippen molar-refractivity contribution in [2.24, 2.45) is 0 Å². The van der Waals surface area contributed by atoms with Crippen LogP contribution >= 0.6 is 0 Å². The van der Waals surface area contributed by atoms with Crippen molar-refractivity contribution in [3.63, 3.8) is 0 Å². The summed E-state index contributed by atoms with van der Waals surface area (Å²) in [7, 11) is 0. The number of phenolic OH excluding ortho intramolecular Hbond substituents is 3. The van der Waals surface area contributed by atoms with Crippen molar-refractivity contribution in [3.8, 4) is 34.3 Å². The van der Waals surface area contributed by atoms with Crippen molar-refractivity contribution in [3.05, 3.63) is 46.6 Å². The van der Waals surface area contributed by atoms with Crippen LogP contribution in [-0.2, 0) is 4.74 Å². The number of aliphatic hydroxyl groups excluding tert-OH is 3. The minimum absolute atomic E-state index is 0.0106. The minimum atomic E-state index is -1.64. The Balaban J connectivity index is 1.78. The second kappa shape index (κ2) is 7.50. The van der Waals surface area contributed by atoms with E-state index in [0.29, 0.717) is 5.56 Å². The first-order valence-electron chi connectivity index (χ1n) is 8.91. The van der Waals surface area contributed by atoms with Gasteiger partial charge in [0, 0.05) is 17.7 Å². The smallest absolute Gasteiger partial charge is 0.229 e. The summed E-state index contributed by atoms with van der Waals surface area (Å²) in [6.45, 7) is -0.330. The quantitative estimate of drug-likeness (QED) is 0.327. The van der Waals surface area contributed by atoms with Crippen molar-refractivity contribution >= 4 is 11.0 Å². The Bertz CT molecular complexity index is 1140. The summed E-state index contributed by atoms with van der Waals surface area (Å²) < 4.78 is 16.1. The van der Waals surface area contributed by atoms with Gasteiger partial charge in [0.1, 0.15) is 41.0 Å². The number of ether oxygens (including phenoxy) is 2. The van der Waals surface area contributed by atoms with Crippen LogP contribution in [0.3, 0.4) is 0 Å². The lowest BCUT2D eigenvalue weighted by Gasteiger charge is -2.35. The SMILES string of the molecule is O=c1cc(-c2ccc(O)cc2)oc2c(O)c(O[C@@H]3OC[C@@H](O)[C@H](O)[C@H]3O)cc(O)c12. The molecule has 6 N–H and O–H groups in total. The van der Waals surface area contributed by atoms with E-state index >= 15 is 0 Å². The van der Waals surface area contributed by atoms with Gasteiger partial charge in [0.2, 0.25) is 12.0 Å². The van der Waals surface area contributed by atoms with E-state index in [4.69, 9.17) is 13.9 Å². The molecule has 1 aliphatic rings. The summed E-state index contributed by atoms with van der Waals surface area (Å²) in [6.07, 6.45) is -5.96. The lowest BCUT2D eigenvalue weighted by Crippen LogP contribution is -2.54. The van der Waals surface area contributed by atoms with Gasteiger partial charge in [0.25, 0.3) is 0 Å². The summed E-state index contributed by atoms with van der Waals surface area (Å²) in [4.78, 5) is 12.5. The molecule has 1 saturated heterocycles. The summed E-state index contributed by atoms with van der Waals surface area (Å²) in [5.41, 5.74) is -0.571. The maximum atomic E-state index is 12.5. The predicted octanol–water partition coefficient (Wildman–Crippen LogP) is 0.395.